The maximum absolute atomic E-state index is 11.7. The monoisotopic (exact) mass is 280 g/mol. The van der Waals surface area contributed by atoms with Crippen LogP contribution in [0, 0.1) is 13.8 Å². The van der Waals surface area contributed by atoms with Gasteiger partial charge >= 0.3 is 5.97 Å². The topological polar surface area (TPSA) is 65.2 Å². The number of esters is 1. The van der Waals surface area contributed by atoms with Crippen LogP contribution in [0.3, 0.4) is 0 Å². The largest absolute Gasteiger partial charge is 0.462 e. The molecule has 2 heterocycles. The second-order valence-corrected chi connectivity index (χ2v) is 4.83. The summed E-state index contributed by atoms with van der Waals surface area (Å²) in [6.07, 6.45) is 0. The van der Waals surface area contributed by atoms with Crippen LogP contribution in [-0.2, 0) is 4.74 Å². The number of fused-ring (bicyclic) bond motifs is 1. The van der Waals surface area contributed by atoms with Crippen LogP contribution in [0.2, 0.25) is 0 Å². The third-order valence-electron chi connectivity index (χ3n) is 2.49. The zero-order chi connectivity index (χ0) is 14.6. The molecule has 0 unspecified atom stereocenters. The van der Waals surface area contributed by atoms with Gasteiger partial charge in [0.05, 0.1) is 12.3 Å². The lowest BCUT2D eigenvalue weighted by molar-refractivity contribution is 0.0533. The Morgan fingerprint density at radius 3 is 2.63 bits per heavy atom. The molecule has 0 bridgehead atoms. The number of hydrogen-bond acceptors (Lipinski definition) is 5. The van der Waals surface area contributed by atoms with Crippen molar-refractivity contribution in [2.24, 2.45) is 0 Å². The molecule has 0 amide bonds. The highest BCUT2D eigenvalue weighted by molar-refractivity contribution is 7.21. The van der Waals surface area contributed by atoms with Gasteiger partial charge in [0.1, 0.15) is 9.71 Å². The number of nitrogens with two attached hydrogens (primary N) is 1. The van der Waals surface area contributed by atoms with Crippen LogP contribution in [0.4, 0.5) is 5.69 Å². The molecule has 0 aromatic carbocycles. The average molecular weight is 280 g/mol. The summed E-state index contributed by atoms with van der Waals surface area (Å²) < 4.78 is 4.97. The lowest BCUT2D eigenvalue weighted by atomic mass is 10.1. The second-order valence-electron chi connectivity index (χ2n) is 3.83. The summed E-state index contributed by atoms with van der Waals surface area (Å²) >= 11 is 1.29. The number of ether oxygens (including phenoxy) is 1. The van der Waals surface area contributed by atoms with E-state index in [0.717, 1.165) is 21.5 Å². The van der Waals surface area contributed by atoms with Crippen molar-refractivity contribution in [1.82, 2.24) is 4.98 Å². The smallest absolute Gasteiger partial charge is 0.350 e. The zero-order valence-corrected chi connectivity index (χ0v) is 12.9. The number of carbonyl (C=O) groups is 1. The van der Waals surface area contributed by atoms with E-state index in [0.29, 0.717) is 17.2 Å². The maximum atomic E-state index is 11.7. The van der Waals surface area contributed by atoms with Crippen molar-refractivity contribution in [3.63, 3.8) is 0 Å². The van der Waals surface area contributed by atoms with E-state index in [2.05, 4.69) is 4.98 Å². The lowest BCUT2D eigenvalue weighted by Crippen LogP contribution is -2.04. The van der Waals surface area contributed by atoms with Crippen molar-refractivity contribution in [3.05, 3.63) is 22.2 Å². The normalized spacial score (nSPS) is 9.95. The van der Waals surface area contributed by atoms with E-state index >= 15 is 0 Å². The van der Waals surface area contributed by atoms with Crippen LogP contribution in [0.5, 0.6) is 0 Å². The predicted molar refractivity (Wildman–Crippen MR) is 80.8 cm³/mol. The van der Waals surface area contributed by atoms with Crippen molar-refractivity contribution < 1.29 is 9.53 Å². The van der Waals surface area contributed by atoms with E-state index in [9.17, 15) is 4.79 Å². The van der Waals surface area contributed by atoms with Gasteiger partial charge in [0.25, 0.3) is 0 Å². The van der Waals surface area contributed by atoms with Gasteiger partial charge in [-0.05, 0) is 32.4 Å². The van der Waals surface area contributed by atoms with Crippen LogP contribution in [-0.4, -0.2) is 17.6 Å². The Morgan fingerprint density at radius 1 is 1.42 bits per heavy atom. The Bertz CT molecular complexity index is 591. The second kappa shape index (κ2) is 6.52. The summed E-state index contributed by atoms with van der Waals surface area (Å²) in [4.78, 5) is 17.3. The molecule has 4 nitrogen and oxygen atoms in total. The Kier molecular flexibility index (Phi) is 5.30. The van der Waals surface area contributed by atoms with Crippen LogP contribution in [0.1, 0.15) is 41.7 Å². The number of nitrogens with zero attached hydrogens (tertiary/aromatic N) is 1. The van der Waals surface area contributed by atoms with Gasteiger partial charge in [-0.3, -0.25) is 0 Å². The highest BCUT2D eigenvalue weighted by Gasteiger charge is 2.19. The van der Waals surface area contributed by atoms with Crippen molar-refractivity contribution in [1.29, 1.82) is 0 Å². The summed E-state index contributed by atoms with van der Waals surface area (Å²) in [5.41, 5.74) is 8.43. The molecule has 0 spiro atoms. The summed E-state index contributed by atoms with van der Waals surface area (Å²) in [5.74, 6) is -0.370. The van der Waals surface area contributed by atoms with Gasteiger partial charge in [-0.15, -0.1) is 11.3 Å². The molecule has 0 fully saturated rings. The van der Waals surface area contributed by atoms with E-state index in [4.69, 9.17) is 10.5 Å². The van der Waals surface area contributed by atoms with Crippen LogP contribution in [0.15, 0.2) is 6.07 Å². The molecule has 0 saturated heterocycles. The van der Waals surface area contributed by atoms with E-state index in [1.54, 1.807) is 6.92 Å². The molecular weight excluding hydrogens is 260 g/mol. The van der Waals surface area contributed by atoms with Crippen LogP contribution >= 0.6 is 11.3 Å². The van der Waals surface area contributed by atoms with Gasteiger partial charge in [-0.2, -0.15) is 0 Å². The number of carbonyl (C=O) groups excluding carboxylic acids is 1. The van der Waals surface area contributed by atoms with Gasteiger partial charge in [0.15, 0.2) is 0 Å². The van der Waals surface area contributed by atoms with Gasteiger partial charge in [0, 0.05) is 11.1 Å². The fourth-order valence-corrected chi connectivity index (χ4v) is 2.93. The number of nitrogen functional groups attached to an aromatic ring is 1. The summed E-state index contributed by atoms with van der Waals surface area (Å²) in [7, 11) is 0. The number of rotatable bonds is 2. The molecular formula is C14H20N2O2S. The zero-order valence-electron chi connectivity index (χ0n) is 12.0. The first-order chi connectivity index (χ1) is 9.04. The Hall–Kier alpha value is -1.62. The number of hydrogen-bond donors (Lipinski definition) is 1. The third-order valence-corrected chi connectivity index (χ3v) is 3.56. The Balaban J connectivity index is 0.000000861. The summed E-state index contributed by atoms with van der Waals surface area (Å²) in [6.45, 7) is 10.0. The SMILES string of the molecule is CC.CCOC(=O)c1sc2nc(C)cc(C)c2c1N. The standard InChI is InChI=1S/C12H14N2O2S.C2H6/c1-4-16-12(15)10-9(13)8-6(2)5-7(3)14-11(8)17-10;1-2/h5H,4,13H2,1-3H3;1-2H3. The van der Waals surface area contributed by atoms with E-state index in [1.807, 2.05) is 33.8 Å². The molecule has 5 heteroatoms. The molecule has 0 aliphatic carbocycles. The first kappa shape index (κ1) is 15.4. The van der Waals surface area contributed by atoms with E-state index in [1.165, 1.54) is 11.3 Å². The van der Waals surface area contributed by atoms with Crippen molar-refractivity contribution >= 4 is 33.2 Å². The molecule has 0 aliphatic heterocycles. The maximum Gasteiger partial charge on any atom is 0.350 e. The molecule has 2 N–H and O–H groups in total. The first-order valence-electron chi connectivity index (χ1n) is 6.38. The minimum Gasteiger partial charge on any atom is -0.462 e. The fourth-order valence-electron chi connectivity index (χ4n) is 1.82. The quantitative estimate of drug-likeness (QED) is 0.852. The van der Waals surface area contributed by atoms with Crippen LogP contribution in [0.25, 0.3) is 10.2 Å². The number of aryl methyl sites for hydroxylation is 2. The Morgan fingerprint density at radius 2 is 2.05 bits per heavy atom. The highest BCUT2D eigenvalue weighted by Crippen LogP contribution is 2.35. The minimum absolute atomic E-state index is 0.345. The van der Waals surface area contributed by atoms with Crippen LogP contribution < -0.4 is 5.73 Å². The number of aromatic nitrogens is 1. The van der Waals surface area contributed by atoms with Crippen molar-refractivity contribution in [2.45, 2.75) is 34.6 Å². The molecule has 0 radical (unpaired) electrons. The molecule has 2 rings (SSSR count). The molecule has 0 atom stereocenters. The van der Waals surface area contributed by atoms with E-state index in [-0.39, 0.29) is 5.97 Å². The molecule has 104 valence electrons. The number of pyridine rings is 1. The molecule has 0 saturated carbocycles. The first-order valence-corrected chi connectivity index (χ1v) is 7.19. The Labute approximate surface area is 117 Å². The number of thiophene rings is 1. The summed E-state index contributed by atoms with van der Waals surface area (Å²) in [6, 6.07) is 1.96. The van der Waals surface area contributed by atoms with Gasteiger partial charge in [-0.25, -0.2) is 9.78 Å². The number of anilines is 1. The molecule has 19 heavy (non-hydrogen) atoms. The highest BCUT2D eigenvalue weighted by atomic mass is 32.1. The van der Waals surface area contributed by atoms with Gasteiger partial charge in [0.2, 0.25) is 0 Å². The molecule has 2 aromatic heterocycles. The minimum atomic E-state index is -0.370. The van der Waals surface area contributed by atoms with Crippen molar-refractivity contribution in [3.8, 4) is 0 Å². The lowest BCUT2D eigenvalue weighted by Gasteiger charge is -2.00. The molecule has 0 aliphatic rings. The summed E-state index contributed by atoms with van der Waals surface area (Å²) in [5, 5.41) is 0.864. The predicted octanol–water partition coefficient (Wildman–Crippen LogP) is 3.70. The van der Waals surface area contributed by atoms with Gasteiger partial charge < -0.3 is 10.5 Å². The van der Waals surface area contributed by atoms with Gasteiger partial charge in [-0.1, -0.05) is 13.8 Å². The molecule has 2 aromatic rings. The third kappa shape index (κ3) is 3.04. The average Bonchev–Trinajstić information content (AvgIpc) is 2.69. The van der Waals surface area contributed by atoms with Crippen molar-refractivity contribution in [2.75, 3.05) is 12.3 Å². The van der Waals surface area contributed by atoms with E-state index < -0.39 is 0 Å². The fraction of sp³-hybridized carbons (Fsp3) is 0.429.